The molecule has 0 unspecified atom stereocenters. The minimum absolute atomic E-state index is 0.569. The van der Waals surface area contributed by atoms with Crippen molar-refractivity contribution in [1.29, 1.82) is 0 Å². The minimum atomic E-state index is -2.45. The van der Waals surface area contributed by atoms with Crippen LogP contribution in [0.15, 0.2) is 0 Å². The SMILES string of the molecule is CC(C)CSI(O)O. The van der Waals surface area contributed by atoms with Gasteiger partial charge in [-0.1, -0.05) is 0 Å². The molecule has 0 heterocycles. The first-order chi connectivity index (χ1) is 3.63. The summed E-state index contributed by atoms with van der Waals surface area (Å²) in [4.78, 5) is 0. The summed E-state index contributed by atoms with van der Waals surface area (Å²) in [6.45, 7) is 4.12. The molecule has 0 saturated heterocycles. The summed E-state index contributed by atoms with van der Waals surface area (Å²) in [5.41, 5.74) is 0. The van der Waals surface area contributed by atoms with Crippen LogP contribution in [0.5, 0.6) is 0 Å². The molecule has 0 radical (unpaired) electrons. The van der Waals surface area contributed by atoms with Crippen molar-refractivity contribution in [3.63, 3.8) is 0 Å². The molecule has 0 spiro atoms. The Morgan fingerprint density at radius 2 is 2.00 bits per heavy atom. The quantitative estimate of drug-likeness (QED) is 0.747. The summed E-state index contributed by atoms with van der Waals surface area (Å²) in [5, 5.41) is 0. The van der Waals surface area contributed by atoms with Crippen molar-refractivity contribution in [3.8, 4) is 0 Å². The Hall–Kier alpha value is 1.00. The first-order valence-electron chi connectivity index (χ1n) is 2.34. The van der Waals surface area contributed by atoms with Crippen LogP contribution < -0.4 is 0 Å². The number of halogens is 1. The van der Waals surface area contributed by atoms with E-state index in [4.69, 9.17) is 6.87 Å². The molecule has 4 heteroatoms. The van der Waals surface area contributed by atoms with Crippen molar-refractivity contribution in [2.24, 2.45) is 5.92 Å². The van der Waals surface area contributed by atoms with E-state index in [0.29, 0.717) is 5.92 Å². The van der Waals surface area contributed by atoms with Crippen molar-refractivity contribution < 1.29 is 6.87 Å². The maximum atomic E-state index is 8.48. The molecule has 2 N–H and O–H groups in total. The molecule has 0 amide bonds. The summed E-state index contributed by atoms with van der Waals surface area (Å²) in [5.74, 6) is 1.44. The topological polar surface area (TPSA) is 40.5 Å². The second-order valence-corrected chi connectivity index (χ2v) is 7.37. The van der Waals surface area contributed by atoms with Crippen molar-refractivity contribution in [1.82, 2.24) is 0 Å². The summed E-state index contributed by atoms with van der Waals surface area (Å²) in [6, 6.07) is 0. The second-order valence-electron chi connectivity index (χ2n) is 1.88. The molecule has 0 atom stereocenters. The van der Waals surface area contributed by atoms with Crippen molar-refractivity contribution in [3.05, 3.63) is 0 Å². The Morgan fingerprint density at radius 3 is 2.12 bits per heavy atom. The predicted octanol–water partition coefficient (Wildman–Crippen LogP) is 1.61. The van der Waals surface area contributed by atoms with Gasteiger partial charge in [0.2, 0.25) is 0 Å². The van der Waals surface area contributed by atoms with Gasteiger partial charge in [0.15, 0.2) is 0 Å². The first kappa shape index (κ1) is 9.00. The average Bonchev–Trinajstić information content (AvgIpc) is 1.61. The van der Waals surface area contributed by atoms with E-state index >= 15 is 0 Å². The van der Waals surface area contributed by atoms with Gasteiger partial charge in [-0.3, -0.25) is 0 Å². The molecule has 0 fully saturated rings. The number of hydrogen-bond donors (Lipinski definition) is 2. The molecule has 8 heavy (non-hydrogen) atoms. The molecule has 52 valence electrons. The third-order valence-corrected chi connectivity index (χ3v) is 4.23. The fourth-order valence-corrected chi connectivity index (χ4v) is 3.67. The van der Waals surface area contributed by atoms with Gasteiger partial charge in [-0.05, 0) is 0 Å². The summed E-state index contributed by atoms with van der Waals surface area (Å²) in [7, 11) is 1.31. The van der Waals surface area contributed by atoms with Gasteiger partial charge in [-0.2, -0.15) is 0 Å². The maximum absolute atomic E-state index is 8.48. The summed E-state index contributed by atoms with van der Waals surface area (Å²) >= 11 is -2.45. The van der Waals surface area contributed by atoms with Gasteiger partial charge < -0.3 is 0 Å². The zero-order valence-electron chi connectivity index (χ0n) is 4.97. The standard InChI is InChI=1S/C4H11IO2S/c1-4(2)3-8-5(6)7/h4,6-7H,3H2,1-2H3. The van der Waals surface area contributed by atoms with E-state index in [9.17, 15) is 0 Å². The van der Waals surface area contributed by atoms with Crippen molar-refractivity contribution in [2.45, 2.75) is 13.8 Å². The van der Waals surface area contributed by atoms with Crippen LogP contribution in [-0.4, -0.2) is 12.6 Å². The summed E-state index contributed by atoms with van der Waals surface area (Å²) < 4.78 is 17.0. The molecule has 0 aromatic heterocycles. The Labute approximate surface area is 60.6 Å². The third-order valence-electron chi connectivity index (χ3n) is 0.494. The molecule has 0 bridgehead atoms. The van der Waals surface area contributed by atoms with Gasteiger partial charge in [0.05, 0.1) is 0 Å². The Kier molecular flexibility index (Phi) is 5.44. The van der Waals surface area contributed by atoms with Gasteiger partial charge >= 0.3 is 60.6 Å². The predicted molar refractivity (Wildman–Crippen MR) is 45.8 cm³/mol. The van der Waals surface area contributed by atoms with Crippen molar-refractivity contribution >= 4 is 28.2 Å². The van der Waals surface area contributed by atoms with Crippen LogP contribution in [0, 0.1) is 5.92 Å². The summed E-state index contributed by atoms with van der Waals surface area (Å²) in [6.07, 6.45) is 0. The van der Waals surface area contributed by atoms with E-state index < -0.39 is 19.3 Å². The third kappa shape index (κ3) is 7.00. The number of rotatable bonds is 3. The number of hydrogen-bond acceptors (Lipinski definition) is 3. The van der Waals surface area contributed by atoms with Crippen LogP contribution in [0.1, 0.15) is 13.8 Å². The fourth-order valence-electron chi connectivity index (χ4n) is 0.182. The fraction of sp³-hybridized carbons (Fsp3) is 1.00. The molecule has 0 aliphatic carbocycles. The molecule has 0 saturated carbocycles. The molecular weight excluding hydrogens is 239 g/mol. The molecule has 0 aliphatic rings. The Bertz CT molecular complexity index is 50.0. The van der Waals surface area contributed by atoms with Crippen LogP contribution in [0.25, 0.3) is 0 Å². The second kappa shape index (κ2) is 4.84. The van der Waals surface area contributed by atoms with Crippen LogP contribution in [0.2, 0.25) is 0 Å². The van der Waals surface area contributed by atoms with E-state index in [1.54, 1.807) is 0 Å². The molecule has 2 nitrogen and oxygen atoms in total. The van der Waals surface area contributed by atoms with E-state index in [-0.39, 0.29) is 0 Å². The van der Waals surface area contributed by atoms with E-state index in [1.807, 2.05) is 0 Å². The van der Waals surface area contributed by atoms with E-state index in [2.05, 4.69) is 13.8 Å². The van der Waals surface area contributed by atoms with Crippen LogP contribution in [0.3, 0.4) is 0 Å². The van der Waals surface area contributed by atoms with E-state index in [0.717, 1.165) is 5.75 Å². The zero-order chi connectivity index (χ0) is 6.57. The average molecular weight is 250 g/mol. The van der Waals surface area contributed by atoms with Crippen LogP contribution in [-0.2, 0) is 0 Å². The van der Waals surface area contributed by atoms with Gasteiger partial charge in [0.25, 0.3) is 0 Å². The van der Waals surface area contributed by atoms with Crippen LogP contribution >= 0.6 is 28.2 Å². The normalized spacial score (nSPS) is 12.4. The monoisotopic (exact) mass is 250 g/mol. The molecule has 0 aromatic carbocycles. The zero-order valence-corrected chi connectivity index (χ0v) is 7.94. The Morgan fingerprint density at radius 1 is 1.50 bits per heavy atom. The van der Waals surface area contributed by atoms with Crippen LogP contribution in [0.4, 0.5) is 0 Å². The first-order valence-corrected chi connectivity index (χ1v) is 7.80. The van der Waals surface area contributed by atoms with Gasteiger partial charge in [0, 0.05) is 0 Å². The van der Waals surface area contributed by atoms with E-state index in [1.165, 1.54) is 8.93 Å². The molecular formula is C4H11IO2S. The molecule has 0 aliphatic heterocycles. The molecule has 0 aromatic rings. The Balaban J connectivity index is 2.93. The molecule has 0 rings (SSSR count). The van der Waals surface area contributed by atoms with Gasteiger partial charge in [0.1, 0.15) is 0 Å². The van der Waals surface area contributed by atoms with Gasteiger partial charge in [-0.25, -0.2) is 0 Å². The van der Waals surface area contributed by atoms with Gasteiger partial charge in [-0.15, -0.1) is 0 Å². The van der Waals surface area contributed by atoms with Crippen molar-refractivity contribution in [2.75, 3.05) is 5.75 Å².